The minimum atomic E-state index is -0.358. The Morgan fingerprint density at radius 1 is 1.21 bits per heavy atom. The zero-order valence-corrected chi connectivity index (χ0v) is 11.5. The van der Waals surface area contributed by atoms with Crippen molar-refractivity contribution in [3.05, 3.63) is 39.9 Å². The number of hydrogen-bond acceptors (Lipinski definition) is 3. The van der Waals surface area contributed by atoms with Crippen LogP contribution in [0.3, 0.4) is 0 Å². The van der Waals surface area contributed by atoms with Crippen LogP contribution in [0.15, 0.2) is 24.3 Å². The Balaban J connectivity index is 1.78. The highest BCUT2D eigenvalue weighted by Gasteiger charge is 2.19. The van der Waals surface area contributed by atoms with Gasteiger partial charge >= 0.3 is 0 Å². The van der Waals surface area contributed by atoms with Gasteiger partial charge in [0.05, 0.1) is 4.92 Å². The molecule has 104 valence electrons. The summed E-state index contributed by atoms with van der Waals surface area (Å²) in [5.74, 6) is 0.914. The van der Waals surface area contributed by atoms with E-state index >= 15 is 0 Å². The Labute approximate surface area is 114 Å². The molecule has 2 rings (SSSR count). The van der Waals surface area contributed by atoms with Crippen LogP contribution in [0.5, 0.6) is 0 Å². The summed E-state index contributed by atoms with van der Waals surface area (Å²) in [5.41, 5.74) is 1.27. The highest BCUT2D eigenvalue weighted by atomic mass is 16.6. The molecule has 0 saturated heterocycles. The molecule has 0 atom stereocenters. The lowest BCUT2D eigenvalue weighted by atomic mass is 9.84. The van der Waals surface area contributed by atoms with Crippen LogP contribution in [0, 0.1) is 16.0 Å². The Morgan fingerprint density at radius 3 is 2.37 bits per heavy atom. The summed E-state index contributed by atoms with van der Waals surface area (Å²) in [6, 6.07) is 7.43. The Kier molecular flexibility index (Phi) is 4.91. The van der Waals surface area contributed by atoms with Crippen LogP contribution in [-0.4, -0.2) is 11.0 Å². The van der Waals surface area contributed by atoms with Crippen LogP contribution < -0.4 is 5.32 Å². The van der Waals surface area contributed by atoms with E-state index in [1.54, 1.807) is 12.1 Å². The van der Waals surface area contributed by atoms with Gasteiger partial charge in [-0.15, -0.1) is 0 Å². The summed E-state index contributed by atoms with van der Waals surface area (Å²) >= 11 is 0. The van der Waals surface area contributed by atoms with Gasteiger partial charge in [0.1, 0.15) is 0 Å². The summed E-state index contributed by atoms with van der Waals surface area (Å²) in [6.07, 6.45) is 6.47. The summed E-state index contributed by atoms with van der Waals surface area (Å²) < 4.78 is 0. The summed E-state index contributed by atoms with van der Waals surface area (Å²) in [4.78, 5) is 10.2. The largest absolute Gasteiger partial charge is 0.310 e. The van der Waals surface area contributed by atoms with E-state index in [4.69, 9.17) is 0 Å². The molecule has 0 amide bonds. The molecule has 1 aromatic rings. The molecule has 1 fully saturated rings. The van der Waals surface area contributed by atoms with E-state index < -0.39 is 0 Å². The normalized spacial score (nSPS) is 23.2. The first-order chi connectivity index (χ1) is 9.19. The third kappa shape index (κ3) is 4.03. The van der Waals surface area contributed by atoms with E-state index in [2.05, 4.69) is 12.2 Å². The number of hydrogen-bond donors (Lipinski definition) is 1. The summed E-state index contributed by atoms with van der Waals surface area (Å²) in [6.45, 7) is 3.08. The van der Waals surface area contributed by atoms with Gasteiger partial charge in [-0.3, -0.25) is 10.1 Å². The van der Waals surface area contributed by atoms with Crippen LogP contribution in [0.2, 0.25) is 0 Å². The predicted octanol–water partition coefficient (Wildman–Crippen LogP) is 3.65. The van der Waals surface area contributed by atoms with Gasteiger partial charge in [0, 0.05) is 24.7 Å². The molecule has 0 aromatic heterocycles. The molecule has 19 heavy (non-hydrogen) atoms. The van der Waals surface area contributed by atoms with Gasteiger partial charge in [0.2, 0.25) is 0 Å². The molecule has 1 aromatic carbocycles. The lowest BCUT2D eigenvalue weighted by molar-refractivity contribution is -0.384. The van der Waals surface area contributed by atoms with E-state index in [0.29, 0.717) is 6.04 Å². The molecule has 4 heteroatoms. The molecule has 0 bridgehead atoms. The fraction of sp³-hybridized carbons (Fsp3) is 0.600. The third-order valence-corrected chi connectivity index (χ3v) is 4.17. The van der Waals surface area contributed by atoms with Gasteiger partial charge in [-0.05, 0) is 37.2 Å². The van der Waals surface area contributed by atoms with Gasteiger partial charge in [0.15, 0.2) is 0 Å². The second-order valence-electron chi connectivity index (χ2n) is 5.43. The van der Waals surface area contributed by atoms with Crippen molar-refractivity contribution >= 4 is 5.69 Å². The van der Waals surface area contributed by atoms with Gasteiger partial charge in [-0.2, -0.15) is 0 Å². The number of non-ortho nitro benzene ring substituents is 1. The van der Waals surface area contributed by atoms with Gasteiger partial charge in [0.25, 0.3) is 5.69 Å². The topological polar surface area (TPSA) is 55.2 Å². The standard InChI is InChI=1S/C15H22N2O2/c1-2-12-3-7-14(8-4-12)16-11-13-5-9-15(10-6-13)17(18)19/h5-6,9-10,12,14,16H,2-4,7-8,11H2,1H3. The van der Waals surface area contributed by atoms with Gasteiger partial charge < -0.3 is 5.32 Å². The van der Waals surface area contributed by atoms with E-state index in [-0.39, 0.29) is 10.6 Å². The number of rotatable bonds is 5. The van der Waals surface area contributed by atoms with Gasteiger partial charge in [-0.25, -0.2) is 0 Å². The molecule has 0 radical (unpaired) electrons. The maximum absolute atomic E-state index is 10.6. The Morgan fingerprint density at radius 2 is 1.84 bits per heavy atom. The maximum Gasteiger partial charge on any atom is 0.269 e. The van der Waals surface area contributed by atoms with Crippen molar-refractivity contribution < 1.29 is 4.92 Å². The molecule has 1 aliphatic rings. The molecule has 1 saturated carbocycles. The number of nitro benzene ring substituents is 1. The minimum Gasteiger partial charge on any atom is -0.310 e. The first-order valence-electron chi connectivity index (χ1n) is 7.15. The zero-order valence-electron chi connectivity index (χ0n) is 11.5. The van der Waals surface area contributed by atoms with E-state index in [1.165, 1.54) is 32.1 Å². The molecular formula is C15H22N2O2. The second-order valence-corrected chi connectivity index (χ2v) is 5.43. The monoisotopic (exact) mass is 262 g/mol. The van der Waals surface area contributed by atoms with Crippen LogP contribution in [-0.2, 0) is 6.54 Å². The number of nitro groups is 1. The highest BCUT2D eigenvalue weighted by molar-refractivity contribution is 5.32. The lowest BCUT2D eigenvalue weighted by Crippen LogP contribution is -2.32. The van der Waals surface area contributed by atoms with Crippen molar-refractivity contribution in [2.75, 3.05) is 0 Å². The minimum absolute atomic E-state index is 0.159. The van der Waals surface area contributed by atoms with Crippen molar-refractivity contribution in [1.29, 1.82) is 0 Å². The molecule has 1 N–H and O–H groups in total. The second kappa shape index (κ2) is 6.66. The van der Waals surface area contributed by atoms with Crippen molar-refractivity contribution in [2.24, 2.45) is 5.92 Å². The molecule has 0 heterocycles. The van der Waals surface area contributed by atoms with Gasteiger partial charge in [-0.1, -0.05) is 25.5 Å². The number of nitrogens with zero attached hydrogens (tertiary/aromatic N) is 1. The third-order valence-electron chi connectivity index (χ3n) is 4.17. The molecule has 0 aliphatic heterocycles. The Bertz CT molecular complexity index is 409. The average Bonchev–Trinajstić information content (AvgIpc) is 2.46. The predicted molar refractivity (Wildman–Crippen MR) is 76.0 cm³/mol. The maximum atomic E-state index is 10.6. The Hall–Kier alpha value is -1.42. The zero-order chi connectivity index (χ0) is 13.7. The molecule has 0 spiro atoms. The van der Waals surface area contributed by atoms with Crippen LogP contribution >= 0.6 is 0 Å². The fourth-order valence-corrected chi connectivity index (χ4v) is 2.77. The van der Waals surface area contributed by atoms with Crippen LogP contribution in [0.1, 0.15) is 44.6 Å². The van der Waals surface area contributed by atoms with Crippen molar-refractivity contribution in [1.82, 2.24) is 5.32 Å². The summed E-state index contributed by atoms with van der Waals surface area (Å²) in [5, 5.41) is 14.1. The van der Waals surface area contributed by atoms with E-state index in [0.717, 1.165) is 18.0 Å². The first-order valence-corrected chi connectivity index (χ1v) is 7.15. The number of benzene rings is 1. The SMILES string of the molecule is CCC1CCC(NCc2ccc([N+](=O)[O-])cc2)CC1. The molecule has 4 nitrogen and oxygen atoms in total. The van der Waals surface area contributed by atoms with E-state index in [1.807, 2.05) is 12.1 Å². The van der Waals surface area contributed by atoms with Crippen LogP contribution in [0.25, 0.3) is 0 Å². The quantitative estimate of drug-likeness (QED) is 0.651. The van der Waals surface area contributed by atoms with Crippen LogP contribution in [0.4, 0.5) is 5.69 Å². The van der Waals surface area contributed by atoms with E-state index in [9.17, 15) is 10.1 Å². The average molecular weight is 262 g/mol. The lowest BCUT2D eigenvalue weighted by Gasteiger charge is -2.28. The molecular weight excluding hydrogens is 240 g/mol. The van der Waals surface area contributed by atoms with Crippen molar-refractivity contribution in [3.63, 3.8) is 0 Å². The molecule has 1 aliphatic carbocycles. The van der Waals surface area contributed by atoms with Crippen molar-refractivity contribution in [3.8, 4) is 0 Å². The summed E-state index contributed by atoms with van der Waals surface area (Å²) in [7, 11) is 0. The first kappa shape index (κ1) is 14.0. The van der Waals surface area contributed by atoms with Crippen molar-refractivity contribution in [2.45, 2.75) is 51.6 Å². The number of nitrogens with one attached hydrogen (secondary N) is 1. The smallest absolute Gasteiger partial charge is 0.269 e. The molecule has 0 unspecified atom stereocenters. The highest BCUT2D eigenvalue weighted by Crippen LogP contribution is 2.26. The fourth-order valence-electron chi connectivity index (χ4n) is 2.77.